The Bertz CT molecular complexity index is 984. The Kier molecular flexibility index (Phi) is 8.37. The number of aryl methyl sites for hydroxylation is 1. The zero-order valence-corrected chi connectivity index (χ0v) is 20.2. The number of carboxylic acid groups (broad SMARTS) is 1. The van der Waals surface area contributed by atoms with Crippen molar-refractivity contribution in [3.63, 3.8) is 0 Å². The molecular weight excluding hydrogens is 416 g/mol. The number of nitrogens with zero attached hydrogens (tertiary/aromatic N) is 1. The third-order valence-corrected chi connectivity index (χ3v) is 6.70. The van der Waals surface area contributed by atoms with Crippen LogP contribution >= 0.6 is 0 Å². The van der Waals surface area contributed by atoms with Gasteiger partial charge < -0.3 is 19.7 Å². The second-order valence-corrected chi connectivity index (χ2v) is 9.06. The Labute approximate surface area is 196 Å². The van der Waals surface area contributed by atoms with E-state index in [9.17, 15) is 9.59 Å². The lowest BCUT2D eigenvalue weighted by molar-refractivity contribution is -0.137. The molecule has 1 saturated carbocycles. The molecule has 6 heteroatoms. The standard InChI is InChI=1S/C27H36N2O4/c1-5-18(2)24-17-23(19(3)33-24)26(20-9-7-6-8-10-20)28-22-13-11-21(12-14-22)27(32)29(4)16-15-25(30)31/h5,11-14,17,20,26,28H,6-10,15-16H2,1-4H3,(H,30,31)/b18-5+. The number of hydrogen-bond acceptors (Lipinski definition) is 4. The van der Waals surface area contributed by atoms with Crippen molar-refractivity contribution < 1.29 is 19.1 Å². The molecule has 0 bridgehead atoms. The van der Waals surface area contributed by atoms with E-state index in [1.807, 2.05) is 26.0 Å². The maximum atomic E-state index is 12.6. The van der Waals surface area contributed by atoms with Gasteiger partial charge in [-0.2, -0.15) is 0 Å². The van der Waals surface area contributed by atoms with Crippen LogP contribution < -0.4 is 5.32 Å². The van der Waals surface area contributed by atoms with Crippen molar-refractivity contribution >= 4 is 23.1 Å². The molecule has 0 radical (unpaired) electrons. The highest BCUT2D eigenvalue weighted by Gasteiger charge is 2.28. The number of carbonyl (C=O) groups is 2. The Hall–Kier alpha value is -3.02. The first-order valence-electron chi connectivity index (χ1n) is 11.9. The predicted octanol–water partition coefficient (Wildman–Crippen LogP) is 6.29. The van der Waals surface area contributed by atoms with E-state index in [4.69, 9.17) is 9.52 Å². The lowest BCUT2D eigenvalue weighted by atomic mass is 9.81. The van der Waals surface area contributed by atoms with Gasteiger partial charge in [0.05, 0.1) is 12.5 Å². The van der Waals surface area contributed by atoms with E-state index in [1.165, 1.54) is 42.6 Å². The molecule has 0 spiro atoms. The van der Waals surface area contributed by atoms with Gasteiger partial charge in [-0.15, -0.1) is 0 Å². The van der Waals surface area contributed by atoms with Crippen LogP contribution in [0.5, 0.6) is 0 Å². The molecular formula is C27H36N2O4. The Morgan fingerprint density at radius 2 is 1.88 bits per heavy atom. The first-order chi connectivity index (χ1) is 15.8. The molecule has 1 aliphatic carbocycles. The van der Waals surface area contributed by atoms with Crippen LogP contribution in [0, 0.1) is 12.8 Å². The molecule has 1 fully saturated rings. The number of anilines is 1. The summed E-state index contributed by atoms with van der Waals surface area (Å²) in [4.78, 5) is 24.8. The smallest absolute Gasteiger partial charge is 0.305 e. The molecule has 1 heterocycles. The van der Waals surface area contributed by atoms with E-state index >= 15 is 0 Å². The number of benzene rings is 1. The molecule has 178 valence electrons. The number of rotatable bonds is 9. The molecule has 2 N–H and O–H groups in total. The van der Waals surface area contributed by atoms with Gasteiger partial charge in [0.2, 0.25) is 0 Å². The molecule has 6 nitrogen and oxygen atoms in total. The maximum Gasteiger partial charge on any atom is 0.305 e. The normalized spacial score (nSPS) is 15.8. The molecule has 2 aromatic rings. The van der Waals surface area contributed by atoms with Gasteiger partial charge in [-0.05, 0) is 75.4 Å². The topological polar surface area (TPSA) is 82.8 Å². The lowest BCUT2D eigenvalue weighted by Crippen LogP contribution is -2.29. The number of nitrogens with one attached hydrogen (secondary N) is 1. The van der Waals surface area contributed by atoms with E-state index < -0.39 is 5.97 Å². The van der Waals surface area contributed by atoms with Crippen molar-refractivity contribution in [3.8, 4) is 0 Å². The van der Waals surface area contributed by atoms with Crippen molar-refractivity contribution in [1.82, 2.24) is 4.90 Å². The molecule has 33 heavy (non-hydrogen) atoms. The number of amides is 1. The van der Waals surface area contributed by atoms with Gasteiger partial charge in [-0.25, -0.2) is 0 Å². The van der Waals surface area contributed by atoms with Crippen LogP contribution in [0.1, 0.15) is 85.9 Å². The molecule has 0 saturated heterocycles. The lowest BCUT2D eigenvalue weighted by Gasteiger charge is -2.31. The second-order valence-electron chi connectivity index (χ2n) is 9.06. The molecule has 1 aliphatic rings. The molecule has 1 amide bonds. The maximum absolute atomic E-state index is 12.6. The quantitative estimate of drug-likeness (QED) is 0.467. The van der Waals surface area contributed by atoms with Gasteiger partial charge in [0, 0.05) is 30.4 Å². The van der Waals surface area contributed by atoms with E-state index in [0.717, 1.165) is 22.8 Å². The van der Waals surface area contributed by atoms with Gasteiger partial charge in [0.15, 0.2) is 0 Å². The van der Waals surface area contributed by atoms with Gasteiger partial charge >= 0.3 is 5.97 Å². The van der Waals surface area contributed by atoms with Crippen LogP contribution in [0.2, 0.25) is 0 Å². The summed E-state index contributed by atoms with van der Waals surface area (Å²) in [5.74, 6) is 1.30. The summed E-state index contributed by atoms with van der Waals surface area (Å²) in [5.41, 5.74) is 3.83. The summed E-state index contributed by atoms with van der Waals surface area (Å²) in [6.45, 7) is 6.31. The van der Waals surface area contributed by atoms with Crippen LogP contribution in [0.25, 0.3) is 5.57 Å². The van der Waals surface area contributed by atoms with E-state index in [-0.39, 0.29) is 24.9 Å². The second kappa shape index (κ2) is 11.2. The summed E-state index contributed by atoms with van der Waals surface area (Å²) in [5, 5.41) is 12.6. The molecule has 1 aromatic carbocycles. The van der Waals surface area contributed by atoms with Gasteiger partial charge in [0.25, 0.3) is 5.91 Å². The van der Waals surface area contributed by atoms with Crippen molar-refractivity contribution in [3.05, 3.63) is 59.1 Å². The van der Waals surface area contributed by atoms with Crippen LogP contribution in [0.4, 0.5) is 5.69 Å². The first kappa shape index (κ1) is 24.6. The highest BCUT2D eigenvalue weighted by atomic mass is 16.4. The fraction of sp³-hybridized carbons (Fsp3) is 0.481. The van der Waals surface area contributed by atoms with Crippen molar-refractivity contribution in [2.75, 3.05) is 18.9 Å². The number of hydrogen-bond donors (Lipinski definition) is 2. The molecule has 0 aliphatic heterocycles. The minimum atomic E-state index is -0.912. The number of carboxylic acids is 1. The summed E-state index contributed by atoms with van der Waals surface area (Å²) in [6.07, 6.45) is 8.16. The largest absolute Gasteiger partial charge is 0.481 e. The predicted molar refractivity (Wildman–Crippen MR) is 131 cm³/mol. The van der Waals surface area contributed by atoms with Gasteiger partial charge in [-0.1, -0.05) is 25.3 Å². The van der Waals surface area contributed by atoms with E-state index in [2.05, 4.69) is 24.4 Å². The molecule has 1 atom stereocenters. The summed E-state index contributed by atoms with van der Waals surface area (Å²) in [6, 6.07) is 9.79. The average Bonchev–Trinajstić information content (AvgIpc) is 3.22. The fourth-order valence-corrected chi connectivity index (χ4v) is 4.53. The summed E-state index contributed by atoms with van der Waals surface area (Å²) >= 11 is 0. The van der Waals surface area contributed by atoms with Crippen molar-refractivity contribution in [2.24, 2.45) is 5.92 Å². The monoisotopic (exact) mass is 452 g/mol. The Morgan fingerprint density at radius 3 is 2.48 bits per heavy atom. The van der Waals surface area contributed by atoms with Gasteiger partial charge in [-0.3, -0.25) is 9.59 Å². The summed E-state index contributed by atoms with van der Waals surface area (Å²) < 4.78 is 6.09. The molecule has 1 unspecified atom stereocenters. The van der Waals surface area contributed by atoms with Crippen LogP contribution in [-0.2, 0) is 4.79 Å². The number of furan rings is 1. The SMILES string of the molecule is C/C=C(\C)c1cc(C(Nc2ccc(C(=O)N(C)CCC(=O)O)cc2)C2CCCCC2)c(C)o1. The third-order valence-electron chi connectivity index (χ3n) is 6.70. The highest BCUT2D eigenvalue weighted by molar-refractivity contribution is 5.94. The Morgan fingerprint density at radius 1 is 1.21 bits per heavy atom. The number of carbonyl (C=O) groups excluding carboxylic acids is 1. The highest BCUT2D eigenvalue weighted by Crippen LogP contribution is 2.39. The third kappa shape index (κ3) is 6.28. The van der Waals surface area contributed by atoms with Crippen LogP contribution in [0.15, 0.2) is 40.8 Å². The summed E-state index contributed by atoms with van der Waals surface area (Å²) in [7, 11) is 1.63. The fourth-order valence-electron chi connectivity index (χ4n) is 4.53. The first-order valence-corrected chi connectivity index (χ1v) is 11.9. The van der Waals surface area contributed by atoms with E-state index in [1.54, 1.807) is 19.2 Å². The Balaban J connectivity index is 1.80. The molecule has 1 aromatic heterocycles. The van der Waals surface area contributed by atoms with Crippen LogP contribution in [0.3, 0.4) is 0 Å². The average molecular weight is 453 g/mol. The minimum Gasteiger partial charge on any atom is -0.481 e. The van der Waals surface area contributed by atoms with Gasteiger partial charge in [0.1, 0.15) is 11.5 Å². The number of allylic oxidation sites excluding steroid dienone is 2. The van der Waals surface area contributed by atoms with Crippen molar-refractivity contribution in [1.29, 1.82) is 0 Å². The van der Waals surface area contributed by atoms with E-state index in [0.29, 0.717) is 11.5 Å². The number of aliphatic carboxylic acids is 1. The minimum absolute atomic E-state index is 0.0658. The van der Waals surface area contributed by atoms with Crippen molar-refractivity contribution in [2.45, 2.75) is 65.3 Å². The van der Waals surface area contributed by atoms with Crippen LogP contribution in [-0.4, -0.2) is 35.5 Å². The molecule has 3 rings (SSSR count). The zero-order chi connectivity index (χ0) is 24.0. The zero-order valence-electron chi connectivity index (χ0n) is 20.2.